The molecule has 1 N–H and O–H groups in total. The standard InChI is InChI=1S/C24H20ClNO4/c1-3-15-8-10-18(11-9-15)26-21(19-12-7-14(2)30-19)20(23(28)24(26)29)22(27)16-5-4-6-17(25)13-16/h4-13,21,27H,3H2,1-2H3/b22-20-. The summed E-state index contributed by atoms with van der Waals surface area (Å²) in [6.07, 6.45) is 0.856. The summed E-state index contributed by atoms with van der Waals surface area (Å²) in [6.45, 7) is 3.82. The van der Waals surface area contributed by atoms with Gasteiger partial charge in [0.25, 0.3) is 11.7 Å². The Morgan fingerprint density at radius 3 is 2.43 bits per heavy atom. The van der Waals surface area contributed by atoms with E-state index in [9.17, 15) is 14.7 Å². The fourth-order valence-electron chi connectivity index (χ4n) is 3.65. The van der Waals surface area contributed by atoms with Crippen molar-refractivity contribution in [1.29, 1.82) is 0 Å². The van der Waals surface area contributed by atoms with E-state index in [0.29, 0.717) is 27.8 Å². The Kier molecular flexibility index (Phi) is 5.22. The number of hydrogen-bond acceptors (Lipinski definition) is 4. The van der Waals surface area contributed by atoms with Crippen LogP contribution in [0.3, 0.4) is 0 Å². The van der Waals surface area contributed by atoms with Crippen LogP contribution in [0.25, 0.3) is 5.76 Å². The van der Waals surface area contributed by atoms with Crippen molar-refractivity contribution in [1.82, 2.24) is 0 Å². The van der Waals surface area contributed by atoms with Crippen molar-refractivity contribution in [2.24, 2.45) is 0 Å². The minimum atomic E-state index is -0.884. The first-order chi connectivity index (χ1) is 14.4. The number of carbonyl (C=O) groups is 2. The third-order valence-corrected chi connectivity index (χ3v) is 5.43. The van der Waals surface area contributed by atoms with Crippen LogP contribution in [0, 0.1) is 6.92 Å². The number of benzene rings is 2. The van der Waals surface area contributed by atoms with Gasteiger partial charge in [0.15, 0.2) is 0 Å². The number of aliphatic hydroxyl groups excluding tert-OH is 1. The Balaban J connectivity index is 1.91. The van der Waals surface area contributed by atoms with Crippen molar-refractivity contribution < 1.29 is 19.1 Å². The average molecular weight is 422 g/mol. The largest absolute Gasteiger partial charge is 0.507 e. The van der Waals surface area contributed by atoms with Crippen LogP contribution in [-0.2, 0) is 16.0 Å². The van der Waals surface area contributed by atoms with E-state index in [2.05, 4.69) is 0 Å². The molecule has 3 aromatic rings. The maximum atomic E-state index is 13.0. The van der Waals surface area contributed by atoms with Gasteiger partial charge in [-0.2, -0.15) is 0 Å². The van der Waals surface area contributed by atoms with Crippen molar-refractivity contribution in [2.45, 2.75) is 26.3 Å². The van der Waals surface area contributed by atoms with E-state index in [-0.39, 0.29) is 11.3 Å². The fraction of sp³-hybridized carbons (Fsp3) is 0.167. The summed E-state index contributed by atoms with van der Waals surface area (Å²) in [5.74, 6) is -0.745. The molecule has 0 spiro atoms. The van der Waals surface area contributed by atoms with Gasteiger partial charge in [-0.05, 0) is 55.3 Å². The molecule has 2 aromatic carbocycles. The van der Waals surface area contributed by atoms with Crippen LogP contribution in [0.2, 0.25) is 5.02 Å². The molecule has 30 heavy (non-hydrogen) atoms. The minimum Gasteiger partial charge on any atom is -0.507 e. The Hall–Kier alpha value is -3.31. The van der Waals surface area contributed by atoms with E-state index in [1.807, 2.05) is 19.1 Å². The monoisotopic (exact) mass is 421 g/mol. The first-order valence-electron chi connectivity index (χ1n) is 9.63. The Labute approximate surface area is 179 Å². The van der Waals surface area contributed by atoms with Crippen molar-refractivity contribution in [3.63, 3.8) is 0 Å². The SMILES string of the molecule is CCc1ccc(N2C(=O)C(=O)/C(=C(\O)c3cccc(Cl)c3)C2c2ccc(C)o2)cc1. The number of ketones is 1. The molecule has 1 atom stereocenters. The molecule has 0 aliphatic carbocycles. The average Bonchev–Trinajstić information content (AvgIpc) is 3.29. The second-order valence-electron chi connectivity index (χ2n) is 7.15. The molecule has 1 saturated heterocycles. The summed E-state index contributed by atoms with van der Waals surface area (Å²) in [7, 11) is 0. The molecule has 6 heteroatoms. The van der Waals surface area contributed by atoms with Crippen LogP contribution in [0.1, 0.15) is 35.6 Å². The highest BCUT2D eigenvalue weighted by Gasteiger charge is 2.48. The van der Waals surface area contributed by atoms with Crippen LogP contribution in [-0.4, -0.2) is 16.8 Å². The Bertz CT molecular complexity index is 1160. The molecule has 1 fully saturated rings. The van der Waals surface area contributed by atoms with Crippen LogP contribution in [0.15, 0.2) is 70.7 Å². The van der Waals surface area contributed by atoms with Crippen molar-refractivity contribution >= 4 is 34.7 Å². The first kappa shape index (κ1) is 20.0. The van der Waals surface area contributed by atoms with E-state index in [1.165, 1.54) is 4.90 Å². The van der Waals surface area contributed by atoms with Crippen molar-refractivity contribution in [2.75, 3.05) is 4.90 Å². The van der Waals surface area contributed by atoms with Crippen molar-refractivity contribution in [3.05, 3.63) is 93.9 Å². The zero-order valence-corrected chi connectivity index (χ0v) is 17.3. The molecule has 1 amide bonds. The predicted molar refractivity (Wildman–Crippen MR) is 115 cm³/mol. The molecule has 5 nitrogen and oxygen atoms in total. The summed E-state index contributed by atoms with van der Waals surface area (Å²) >= 11 is 6.06. The molecule has 1 aliphatic heterocycles. The zero-order valence-electron chi connectivity index (χ0n) is 16.6. The minimum absolute atomic E-state index is 0.0313. The summed E-state index contributed by atoms with van der Waals surface area (Å²) in [6, 6.07) is 16.5. The lowest BCUT2D eigenvalue weighted by Gasteiger charge is -2.23. The molecule has 1 aromatic heterocycles. The van der Waals surface area contributed by atoms with E-state index in [1.54, 1.807) is 55.5 Å². The van der Waals surface area contributed by atoms with Crippen molar-refractivity contribution in [3.8, 4) is 0 Å². The van der Waals surface area contributed by atoms with Crippen LogP contribution < -0.4 is 4.90 Å². The normalized spacial score (nSPS) is 18.2. The van der Waals surface area contributed by atoms with Gasteiger partial charge in [-0.1, -0.05) is 42.8 Å². The molecule has 1 aliphatic rings. The molecule has 2 heterocycles. The van der Waals surface area contributed by atoms with Gasteiger partial charge < -0.3 is 9.52 Å². The van der Waals surface area contributed by atoms with Gasteiger partial charge in [0.2, 0.25) is 0 Å². The Morgan fingerprint density at radius 2 is 1.83 bits per heavy atom. The molecular formula is C24H20ClNO4. The number of Topliss-reactive ketones (excluding diaryl/α,β-unsaturated/α-hetero) is 1. The highest BCUT2D eigenvalue weighted by molar-refractivity contribution is 6.51. The summed E-state index contributed by atoms with van der Waals surface area (Å²) < 4.78 is 5.78. The third-order valence-electron chi connectivity index (χ3n) is 5.20. The maximum absolute atomic E-state index is 13.0. The number of aryl methyl sites for hydroxylation is 2. The summed E-state index contributed by atoms with van der Waals surface area (Å²) in [4.78, 5) is 27.4. The molecule has 152 valence electrons. The highest BCUT2D eigenvalue weighted by atomic mass is 35.5. The predicted octanol–water partition coefficient (Wildman–Crippen LogP) is 5.43. The molecule has 0 radical (unpaired) electrons. The van der Waals surface area contributed by atoms with Crippen LogP contribution in [0.5, 0.6) is 0 Å². The van der Waals surface area contributed by atoms with E-state index < -0.39 is 17.7 Å². The van der Waals surface area contributed by atoms with Gasteiger partial charge in [0.1, 0.15) is 23.3 Å². The van der Waals surface area contributed by atoms with Gasteiger partial charge in [0, 0.05) is 16.3 Å². The second kappa shape index (κ2) is 7.84. The quantitative estimate of drug-likeness (QED) is 0.346. The second-order valence-corrected chi connectivity index (χ2v) is 7.58. The zero-order chi connectivity index (χ0) is 21.4. The number of furan rings is 1. The number of rotatable bonds is 4. The number of amides is 1. The number of halogens is 1. The van der Waals surface area contributed by atoms with Gasteiger partial charge in [-0.3, -0.25) is 14.5 Å². The summed E-state index contributed by atoms with van der Waals surface area (Å²) in [5, 5.41) is 11.4. The fourth-order valence-corrected chi connectivity index (χ4v) is 3.84. The third kappa shape index (κ3) is 3.42. The number of aliphatic hydroxyl groups is 1. The molecule has 0 saturated carbocycles. The first-order valence-corrected chi connectivity index (χ1v) is 10.0. The topological polar surface area (TPSA) is 70.8 Å². The number of anilines is 1. The molecular weight excluding hydrogens is 402 g/mol. The lowest BCUT2D eigenvalue weighted by atomic mass is 9.99. The van der Waals surface area contributed by atoms with Gasteiger partial charge in [-0.15, -0.1) is 0 Å². The Morgan fingerprint density at radius 1 is 1.10 bits per heavy atom. The number of hydrogen-bond donors (Lipinski definition) is 1. The van der Waals surface area contributed by atoms with Gasteiger partial charge in [-0.25, -0.2) is 0 Å². The van der Waals surface area contributed by atoms with E-state index >= 15 is 0 Å². The lowest BCUT2D eigenvalue weighted by molar-refractivity contribution is -0.132. The smallest absolute Gasteiger partial charge is 0.300 e. The molecule has 4 rings (SSSR count). The number of carbonyl (C=O) groups excluding carboxylic acids is 2. The maximum Gasteiger partial charge on any atom is 0.300 e. The number of nitrogens with zero attached hydrogens (tertiary/aromatic N) is 1. The van der Waals surface area contributed by atoms with E-state index in [0.717, 1.165) is 12.0 Å². The van der Waals surface area contributed by atoms with Crippen LogP contribution >= 0.6 is 11.6 Å². The lowest BCUT2D eigenvalue weighted by Crippen LogP contribution is -2.29. The van der Waals surface area contributed by atoms with Gasteiger partial charge >= 0.3 is 0 Å². The highest BCUT2D eigenvalue weighted by Crippen LogP contribution is 2.42. The molecule has 0 bridgehead atoms. The molecule has 1 unspecified atom stereocenters. The summed E-state index contributed by atoms with van der Waals surface area (Å²) in [5.41, 5.74) is 1.99. The van der Waals surface area contributed by atoms with Crippen LogP contribution in [0.4, 0.5) is 5.69 Å². The van der Waals surface area contributed by atoms with E-state index in [4.69, 9.17) is 16.0 Å². The van der Waals surface area contributed by atoms with Gasteiger partial charge in [0.05, 0.1) is 5.57 Å².